The van der Waals surface area contributed by atoms with Gasteiger partial charge < -0.3 is 30.3 Å². The van der Waals surface area contributed by atoms with Crippen LogP contribution in [0.1, 0.15) is 42.5 Å². The van der Waals surface area contributed by atoms with E-state index in [1.807, 2.05) is 0 Å². The predicted molar refractivity (Wildman–Crippen MR) is 161 cm³/mol. The highest BCUT2D eigenvalue weighted by molar-refractivity contribution is 6.00. The van der Waals surface area contributed by atoms with Gasteiger partial charge in [0.15, 0.2) is 6.61 Å². The van der Waals surface area contributed by atoms with Gasteiger partial charge in [-0.15, -0.1) is 0 Å². The number of carboxylic acids is 1. The van der Waals surface area contributed by atoms with Crippen molar-refractivity contribution in [3.05, 3.63) is 83.9 Å². The Kier molecular flexibility index (Phi) is 10.8. The Balaban J connectivity index is 1.45. The summed E-state index contributed by atoms with van der Waals surface area (Å²) in [6, 6.07) is 14.5. The number of nitrogens with zero attached hydrogens (tertiary/aromatic N) is 2. The molecule has 12 heteroatoms. The molecule has 0 atom stereocenters. The molecule has 4 rings (SSSR count). The van der Waals surface area contributed by atoms with E-state index in [1.54, 1.807) is 24.3 Å². The van der Waals surface area contributed by atoms with Gasteiger partial charge in [0.25, 0.3) is 5.91 Å². The molecule has 0 unspecified atom stereocenters. The molecule has 1 fully saturated rings. The highest BCUT2D eigenvalue weighted by Gasteiger charge is 2.24. The molecular weight excluding hydrogens is 574 g/mol. The zero-order valence-corrected chi connectivity index (χ0v) is 24.2. The number of rotatable bonds is 12. The van der Waals surface area contributed by atoms with Crippen molar-refractivity contribution in [3.8, 4) is 5.75 Å². The number of anilines is 3. The first-order valence-electron chi connectivity index (χ1n) is 14.2. The maximum absolute atomic E-state index is 13.7. The van der Waals surface area contributed by atoms with Crippen molar-refractivity contribution in [2.45, 2.75) is 32.1 Å². The molecule has 0 radical (unpaired) electrons. The largest absolute Gasteiger partial charge is 0.482 e. The van der Waals surface area contributed by atoms with Crippen molar-refractivity contribution in [2.24, 2.45) is 5.92 Å². The number of hydrogen-bond donors (Lipinski definition) is 3. The van der Waals surface area contributed by atoms with Crippen molar-refractivity contribution >= 4 is 40.9 Å². The van der Waals surface area contributed by atoms with Gasteiger partial charge in [-0.1, -0.05) is 43.9 Å². The van der Waals surface area contributed by atoms with E-state index < -0.39 is 42.1 Å². The van der Waals surface area contributed by atoms with Crippen LogP contribution in [-0.4, -0.2) is 55.7 Å². The number of ether oxygens (including phenoxy) is 1. The monoisotopic (exact) mass is 608 g/mol. The number of carbonyl (C=O) groups excluding carboxylic acids is 3. The summed E-state index contributed by atoms with van der Waals surface area (Å²) in [5.74, 6) is -3.07. The van der Waals surface area contributed by atoms with E-state index in [9.17, 15) is 33.1 Å². The summed E-state index contributed by atoms with van der Waals surface area (Å²) in [7, 11) is 1.37. The van der Waals surface area contributed by atoms with E-state index in [0.29, 0.717) is 24.2 Å². The molecule has 0 spiro atoms. The Morgan fingerprint density at radius 1 is 0.932 bits per heavy atom. The second-order valence-corrected chi connectivity index (χ2v) is 10.5. The van der Waals surface area contributed by atoms with E-state index >= 15 is 0 Å². The summed E-state index contributed by atoms with van der Waals surface area (Å²) in [4.78, 5) is 52.7. The average molecular weight is 609 g/mol. The van der Waals surface area contributed by atoms with Gasteiger partial charge in [-0.2, -0.15) is 0 Å². The van der Waals surface area contributed by atoms with Gasteiger partial charge in [0.1, 0.15) is 17.4 Å². The van der Waals surface area contributed by atoms with Gasteiger partial charge in [-0.05, 0) is 54.8 Å². The summed E-state index contributed by atoms with van der Waals surface area (Å²) in [5, 5.41) is 14.2. The molecule has 3 aromatic carbocycles. The molecule has 1 saturated carbocycles. The molecule has 232 valence electrons. The van der Waals surface area contributed by atoms with E-state index in [0.717, 1.165) is 49.1 Å². The van der Waals surface area contributed by atoms with Gasteiger partial charge in [-0.25, -0.2) is 18.4 Å². The maximum atomic E-state index is 13.7. The first-order valence-corrected chi connectivity index (χ1v) is 14.2. The molecule has 4 amide bonds. The van der Waals surface area contributed by atoms with Crippen LogP contribution in [0, 0.1) is 17.6 Å². The third-order valence-corrected chi connectivity index (χ3v) is 7.42. The molecular formula is C32H34F2N4O6. The van der Waals surface area contributed by atoms with Crippen molar-refractivity contribution in [3.63, 3.8) is 0 Å². The van der Waals surface area contributed by atoms with Gasteiger partial charge in [0.05, 0.1) is 17.8 Å². The fraction of sp³-hybridized carbons (Fsp3) is 0.312. The highest BCUT2D eigenvalue weighted by Crippen LogP contribution is 2.32. The van der Waals surface area contributed by atoms with E-state index in [2.05, 4.69) is 10.6 Å². The third kappa shape index (κ3) is 8.76. The second-order valence-electron chi connectivity index (χ2n) is 10.5. The van der Waals surface area contributed by atoms with Crippen molar-refractivity contribution in [1.29, 1.82) is 0 Å². The molecule has 0 aromatic heterocycles. The van der Waals surface area contributed by atoms with Crippen LogP contribution in [0.15, 0.2) is 66.7 Å². The van der Waals surface area contributed by atoms with Crippen LogP contribution < -0.4 is 25.2 Å². The molecule has 3 N–H and O–H groups in total. The summed E-state index contributed by atoms with van der Waals surface area (Å²) in [6.45, 7) is -0.479. The number of para-hydroxylation sites is 2. The van der Waals surface area contributed by atoms with Crippen LogP contribution in [0.25, 0.3) is 0 Å². The Bertz CT molecular complexity index is 1490. The van der Waals surface area contributed by atoms with E-state index in [1.165, 1.54) is 36.2 Å². The molecule has 44 heavy (non-hydrogen) atoms. The van der Waals surface area contributed by atoms with E-state index in [4.69, 9.17) is 4.74 Å². The number of hydrogen-bond acceptors (Lipinski definition) is 5. The summed E-state index contributed by atoms with van der Waals surface area (Å²) < 4.78 is 33.2. The molecule has 0 aliphatic heterocycles. The number of halogens is 2. The zero-order valence-electron chi connectivity index (χ0n) is 24.2. The number of carboxylic acid groups (broad SMARTS) is 1. The van der Waals surface area contributed by atoms with Crippen LogP contribution in [0.3, 0.4) is 0 Å². The standard InChI is InChI=1S/C32H34F2N4O6/c1-37(26-17-23(33)16-24(34)18-26)30(40)20-44-28-12-5-4-11-27(28)38(14-13-21-7-2-3-8-21)29(39)19-35-32(43)36-25-10-6-9-22(15-25)31(41)42/h4-6,9-12,15-18,21H,2-3,7-8,13-14,19-20H2,1H3,(H,41,42)(H2,35,36,43). The molecule has 1 aliphatic rings. The van der Waals surface area contributed by atoms with Crippen LogP contribution >= 0.6 is 0 Å². The summed E-state index contributed by atoms with van der Waals surface area (Å²) in [5.41, 5.74) is 0.680. The van der Waals surface area contributed by atoms with Gasteiger partial charge in [0, 0.05) is 31.0 Å². The minimum Gasteiger partial charge on any atom is -0.482 e. The lowest BCUT2D eigenvalue weighted by molar-refractivity contribution is -0.120. The molecule has 0 bridgehead atoms. The normalized spacial score (nSPS) is 12.8. The number of benzene rings is 3. The first kappa shape index (κ1) is 31.9. The number of aromatic carboxylic acids is 1. The topological polar surface area (TPSA) is 128 Å². The number of carbonyl (C=O) groups is 4. The fourth-order valence-electron chi connectivity index (χ4n) is 5.06. The second kappa shape index (κ2) is 14.9. The zero-order chi connectivity index (χ0) is 31.6. The SMILES string of the molecule is CN(C(=O)COc1ccccc1N(CCC1CCCC1)C(=O)CNC(=O)Nc1cccc(C(=O)O)c1)c1cc(F)cc(F)c1. The molecule has 1 aliphatic carbocycles. The quantitative estimate of drug-likeness (QED) is 0.251. The summed E-state index contributed by atoms with van der Waals surface area (Å²) in [6.07, 6.45) is 5.14. The van der Waals surface area contributed by atoms with E-state index in [-0.39, 0.29) is 29.2 Å². The van der Waals surface area contributed by atoms with Crippen LogP contribution in [-0.2, 0) is 9.59 Å². The van der Waals surface area contributed by atoms with Gasteiger partial charge >= 0.3 is 12.0 Å². The highest BCUT2D eigenvalue weighted by atomic mass is 19.1. The third-order valence-electron chi connectivity index (χ3n) is 7.42. The smallest absolute Gasteiger partial charge is 0.335 e. The molecule has 3 aromatic rings. The molecule has 0 heterocycles. The number of likely N-dealkylation sites (N-methyl/N-ethyl adjacent to an activating group) is 1. The van der Waals surface area contributed by atoms with Gasteiger partial charge in [-0.3, -0.25) is 9.59 Å². The molecule has 0 saturated heterocycles. The van der Waals surface area contributed by atoms with Crippen molar-refractivity contribution < 1.29 is 37.8 Å². The first-order chi connectivity index (χ1) is 21.1. The Labute approximate surface area is 253 Å². The lowest BCUT2D eigenvalue weighted by Gasteiger charge is -2.27. The Morgan fingerprint density at radius 2 is 1.64 bits per heavy atom. The van der Waals surface area contributed by atoms with Gasteiger partial charge in [0.2, 0.25) is 5.91 Å². The summed E-state index contributed by atoms with van der Waals surface area (Å²) >= 11 is 0. The number of amides is 4. The van der Waals surface area contributed by atoms with Crippen molar-refractivity contribution in [2.75, 3.05) is 41.9 Å². The fourth-order valence-corrected chi connectivity index (χ4v) is 5.06. The molecule has 10 nitrogen and oxygen atoms in total. The lowest BCUT2D eigenvalue weighted by Crippen LogP contribution is -2.42. The maximum Gasteiger partial charge on any atom is 0.335 e. The van der Waals surface area contributed by atoms with Crippen molar-refractivity contribution in [1.82, 2.24) is 5.32 Å². The number of urea groups is 1. The number of nitrogens with one attached hydrogen (secondary N) is 2. The minimum atomic E-state index is -1.14. The van der Waals surface area contributed by atoms with Crippen LogP contribution in [0.2, 0.25) is 0 Å². The minimum absolute atomic E-state index is 0.00124. The van der Waals surface area contributed by atoms with Crippen LogP contribution in [0.4, 0.5) is 30.6 Å². The average Bonchev–Trinajstić information content (AvgIpc) is 3.52. The van der Waals surface area contributed by atoms with Crippen LogP contribution in [0.5, 0.6) is 5.75 Å². The Morgan fingerprint density at radius 3 is 2.34 bits per heavy atom. The Hall–Kier alpha value is -5.00. The predicted octanol–water partition coefficient (Wildman–Crippen LogP) is 5.44. The lowest BCUT2D eigenvalue weighted by atomic mass is 10.0.